The molecule has 13 heavy (non-hydrogen) atoms. The molecular formula is C8H12Cl2N2Pt. The number of rotatable bonds is 2. The van der Waals surface area contributed by atoms with Crippen LogP contribution in [0.5, 0.6) is 0 Å². The third-order valence-corrected chi connectivity index (χ3v) is 1.56. The van der Waals surface area contributed by atoms with Gasteiger partial charge < -0.3 is 11.5 Å². The number of benzene rings is 1. The molecule has 0 amide bonds. The molecule has 0 fully saturated rings. The molecule has 0 spiro atoms. The van der Waals surface area contributed by atoms with E-state index < -0.39 is 16.5 Å². The summed E-state index contributed by atoms with van der Waals surface area (Å²) < 4.78 is 0. The SMILES string of the molecule is NCc1ccccc1CN.[Cl][Pt][Cl]. The Bertz CT molecular complexity index is 210. The molecule has 0 unspecified atom stereocenters. The normalized spacial score (nSPS) is 9.23. The molecule has 0 bridgehead atoms. The first-order valence-electron chi connectivity index (χ1n) is 3.59. The van der Waals surface area contributed by atoms with Crippen molar-refractivity contribution in [3.63, 3.8) is 0 Å². The molecule has 1 aromatic carbocycles. The van der Waals surface area contributed by atoms with Crippen molar-refractivity contribution in [3.05, 3.63) is 35.4 Å². The van der Waals surface area contributed by atoms with Gasteiger partial charge in [-0.05, 0) is 11.1 Å². The van der Waals surface area contributed by atoms with Crippen LogP contribution < -0.4 is 11.5 Å². The van der Waals surface area contributed by atoms with Gasteiger partial charge in [-0.1, -0.05) is 24.3 Å². The Morgan fingerprint density at radius 1 is 1.00 bits per heavy atom. The molecule has 0 saturated carbocycles. The van der Waals surface area contributed by atoms with E-state index in [1.54, 1.807) is 0 Å². The zero-order valence-corrected chi connectivity index (χ0v) is 10.7. The quantitative estimate of drug-likeness (QED) is 0.795. The number of halogens is 2. The minimum absolute atomic E-state index is 0.472. The molecule has 0 saturated heterocycles. The molecule has 2 nitrogen and oxygen atoms in total. The van der Waals surface area contributed by atoms with Gasteiger partial charge in [-0.3, -0.25) is 0 Å². The third kappa shape index (κ3) is 5.66. The van der Waals surface area contributed by atoms with Crippen molar-refractivity contribution in [1.29, 1.82) is 0 Å². The van der Waals surface area contributed by atoms with Gasteiger partial charge in [0.1, 0.15) is 0 Å². The third-order valence-electron chi connectivity index (χ3n) is 1.56. The van der Waals surface area contributed by atoms with Gasteiger partial charge in [0, 0.05) is 13.1 Å². The predicted molar refractivity (Wildman–Crippen MR) is 53.9 cm³/mol. The first-order chi connectivity index (χ1) is 6.29. The van der Waals surface area contributed by atoms with Crippen LogP contribution in [-0.4, -0.2) is 0 Å². The molecule has 78 valence electrons. The Hall–Kier alpha value is 0.408. The van der Waals surface area contributed by atoms with E-state index in [0.29, 0.717) is 13.1 Å². The van der Waals surface area contributed by atoms with Crippen LogP contribution in [0.2, 0.25) is 0 Å². The molecule has 0 aromatic heterocycles. The van der Waals surface area contributed by atoms with Crippen molar-refractivity contribution in [2.75, 3.05) is 0 Å². The molecule has 4 N–H and O–H groups in total. The fraction of sp³-hybridized carbons (Fsp3) is 0.250. The van der Waals surface area contributed by atoms with Crippen molar-refractivity contribution < 1.29 is 16.5 Å². The average Bonchev–Trinajstić information content (AvgIpc) is 2.19. The summed E-state index contributed by atoms with van der Waals surface area (Å²) in [6.45, 7) is 1.15. The Morgan fingerprint density at radius 3 is 1.54 bits per heavy atom. The van der Waals surface area contributed by atoms with Gasteiger partial charge in [-0.15, -0.1) is 0 Å². The molecule has 0 aliphatic rings. The molecule has 5 heteroatoms. The fourth-order valence-corrected chi connectivity index (χ4v) is 0.956. The van der Waals surface area contributed by atoms with Crippen LogP contribution in [0.25, 0.3) is 0 Å². The van der Waals surface area contributed by atoms with Gasteiger partial charge in [0.15, 0.2) is 0 Å². The monoisotopic (exact) mass is 401 g/mol. The Labute approximate surface area is 95.0 Å². The molecule has 0 aliphatic carbocycles. The zero-order chi connectivity index (χ0) is 10.1. The molecule has 0 radical (unpaired) electrons. The standard InChI is InChI=1S/C8H12N2.2ClH.Pt/c9-5-7-3-1-2-4-8(7)6-10;;;/h1-4H,5-6,9-10H2;2*1H;/q;;;+2/p-2. The Kier molecular flexibility index (Phi) is 9.26. The van der Waals surface area contributed by atoms with Gasteiger partial charge in [-0.2, -0.15) is 0 Å². The summed E-state index contributed by atoms with van der Waals surface area (Å²) in [4.78, 5) is 0. The van der Waals surface area contributed by atoms with E-state index in [0.717, 1.165) is 11.1 Å². The summed E-state index contributed by atoms with van der Waals surface area (Å²) >= 11 is -0.472. The van der Waals surface area contributed by atoms with E-state index in [-0.39, 0.29) is 0 Å². The molecule has 0 atom stereocenters. The number of nitrogens with two attached hydrogens (primary N) is 2. The van der Waals surface area contributed by atoms with Crippen LogP contribution >= 0.6 is 18.8 Å². The van der Waals surface area contributed by atoms with Crippen LogP contribution in [0.4, 0.5) is 0 Å². The topological polar surface area (TPSA) is 52.0 Å². The van der Waals surface area contributed by atoms with Crippen molar-refractivity contribution in [1.82, 2.24) is 0 Å². The van der Waals surface area contributed by atoms with Crippen LogP contribution in [-0.2, 0) is 29.6 Å². The first-order valence-corrected chi connectivity index (χ1v) is 9.22. The fourth-order valence-electron chi connectivity index (χ4n) is 0.956. The summed E-state index contributed by atoms with van der Waals surface area (Å²) in [5.41, 5.74) is 13.2. The zero-order valence-electron chi connectivity index (χ0n) is 6.95. The van der Waals surface area contributed by atoms with Crippen molar-refractivity contribution in [2.45, 2.75) is 13.1 Å². The molecule has 0 aliphatic heterocycles. The predicted octanol–water partition coefficient (Wildman–Crippen LogP) is 1.98. The molecule has 0 heterocycles. The van der Waals surface area contributed by atoms with Crippen molar-refractivity contribution in [3.8, 4) is 0 Å². The van der Waals surface area contributed by atoms with E-state index in [1.165, 1.54) is 0 Å². The van der Waals surface area contributed by atoms with Gasteiger partial charge in [0.2, 0.25) is 0 Å². The minimum atomic E-state index is -0.472. The summed E-state index contributed by atoms with van der Waals surface area (Å²) in [6, 6.07) is 7.95. The molecular weight excluding hydrogens is 390 g/mol. The summed E-state index contributed by atoms with van der Waals surface area (Å²) in [5, 5.41) is 0. The Balaban J connectivity index is 0.000000424. The summed E-state index contributed by atoms with van der Waals surface area (Å²) in [7, 11) is 9.75. The number of hydrogen-bond acceptors (Lipinski definition) is 2. The van der Waals surface area contributed by atoms with Crippen LogP contribution in [0.1, 0.15) is 11.1 Å². The van der Waals surface area contributed by atoms with E-state index in [1.807, 2.05) is 24.3 Å². The molecule has 1 aromatic rings. The van der Waals surface area contributed by atoms with Crippen LogP contribution in [0, 0.1) is 0 Å². The van der Waals surface area contributed by atoms with E-state index in [9.17, 15) is 0 Å². The van der Waals surface area contributed by atoms with E-state index in [2.05, 4.69) is 0 Å². The Morgan fingerprint density at radius 2 is 1.31 bits per heavy atom. The maximum absolute atomic E-state index is 5.47. The van der Waals surface area contributed by atoms with Gasteiger partial charge in [0.25, 0.3) is 0 Å². The van der Waals surface area contributed by atoms with Crippen LogP contribution in [0.3, 0.4) is 0 Å². The summed E-state index contributed by atoms with van der Waals surface area (Å²) in [5.74, 6) is 0. The summed E-state index contributed by atoms with van der Waals surface area (Å²) in [6.07, 6.45) is 0. The first kappa shape index (κ1) is 13.4. The average molecular weight is 402 g/mol. The number of hydrogen-bond donors (Lipinski definition) is 2. The van der Waals surface area contributed by atoms with Gasteiger partial charge in [-0.25, -0.2) is 0 Å². The van der Waals surface area contributed by atoms with Crippen molar-refractivity contribution in [2.24, 2.45) is 11.5 Å². The second-order valence-corrected chi connectivity index (χ2v) is 5.50. The van der Waals surface area contributed by atoms with Gasteiger partial charge in [0.05, 0.1) is 0 Å². The van der Waals surface area contributed by atoms with Crippen molar-refractivity contribution >= 4 is 18.8 Å². The maximum atomic E-state index is 5.47. The van der Waals surface area contributed by atoms with Gasteiger partial charge >= 0.3 is 35.3 Å². The van der Waals surface area contributed by atoms with E-state index in [4.69, 9.17) is 30.3 Å². The second-order valence-electron chi connectivity index (χ2n) is 2.22. The van der Waals surface area contributed by atoms with E-state index >= 15 is 0 Å². The van der Waals surface area contributed by atoms with Crippen LogP contribution in [0.15, 0.2) is 24.3 Å². The molecule has 1 rings (SSSR count). The second kappa shape index (κ2) is 8.98.